The Morgan fingerprint density at radius 2 is 1.76 bits per heavy atom. The molecule has 0 atom stereocenters. The van der Waals surface area contributed by atoms with Crippen molar-refractivity contribution in [3.8, 4) is 22.8 Å². The van der Waals surface area contributed by atoms with E-state index < -0.39 is 0 Å². The molecule has 0 unspecified atom stereocenters. The van der Waals surface area contributed by atoms with E-state index in [-0.39, 0.29) is 17.9 Å². The van der Waals surface area contributed by atoms with Crippen LogP contribution in [0.25, 0.3) is 16.9 Å². The maximum absolute atomic E-state index is 13.2. The van der Waals surface area contributed by atoms with Gasteiger partial charge in [-0.25, -0.2) is 0 Å². The molecule has 0 saturated heterocycles. The predicted molar refractivity (Wildman–Crippen MR) is 130 cm³/mol. The SMILES string of the molecule is COc1ccc(CNC(=O)CCc2c(C)n(C)c3cc(-c4cccc(OC)c4)nn3c2=O)cc1. The Kier molecular flexibility index (Phi) is 6.67. The maximum atomic E-state index is 13.2. The summed E-state index contributed by atoms with van der Waals surface area (Å²) in [6.45, 7) is 2.31. The molecule has 34 heavy (non-hydrogen) atoms. The molecule has 176 valence electrons. The maximum Gasteiger partial charge on any atom is 0.277 e. The molecule has 2 heterocycles. The van der Waals surface area contributed by atoms with Crippen LogP contribution in [-0.2, 0) is 24.8 Å². The Morgan fingerprint density at radius 1 is 1.03 bits per heavy atom. The normalized spacial score (nSPS) is 10.9. The van der Waals surface area contributed by atoms with Gasteiger partial charge in [0.05, 0.1) is 19.9 Å². The fraction of sp³-hybridized carbons (Fsp3) is 0.269. The quantitative estimate of drug-likeness (QED) is 0.436. The molecule has 4 rings (SSSR count). The molecular weight excluding hydrogens is 432 g/mol. The Balaban J connectivity index is 1.51. The number of ether oxygens (including phenoxy) is 2. The summed E-state index contributed by atoms with van der Waals surface area (Å²) in [4.78, 5) is 25.7. The minimum Gasteiger partial charge on any atom is -0.497 e. The Labute approximate surface area is 197 Å². The van der Waals surface area contributed by atoms with Crippen molar-refractivity contribution < 1.29 is 14.3 Å². The fourth-order valence-corrected chi connectivity index (χ4v) is 3.90. The van der Waals surface area contributed by atoms with Crippen LogP contribution in [0.3, 0.4) is 0 Å². The van der Waals surface area contributed by atoms with Crippen molar-refractivity contribution in [2.45, 2.75) is 26.3 Å². The molecule has 2 aromatic heterocycles. The lowest BCUT2D eigenvalue weighted by molar-refractivity contribution is -0.121. The number of fused-ring (bicyclic) bond motifs is 1. The average molecular weight is 461 g/mol. The molecule has 4 aromatic rings. The lowest BCUT2D eigenvalue weighted by Gasteiger charge is -2.12. The number of hydrogen-bond acceptors (Lipinski definition) is 5. The summed E-state index contributed by atoms with van der Waals surface area (Å²) >= 11 is 0. The minimum absolute atomic E-state index is 0.116. The molecule has 2 aromatic carbocycles. The molecule has 0 spiro atoms. The van der Waals surface area contributed by atoms with Crippen LogP contribution in [0, 0.1) is 6.92 Å². The van der Waals surface area contributed by atoms with Crippen molar-refractivity contribution in [2.24, 2.45) is 7.05 Å². The van der Waals surface area contributed by atoms with Crippen LogP contribution in [0.2, 0.25) is 0 Å². The largest absolute Gasteiger partial charge is 0.497 e. The Morgan fingerprint density at radius 3 is 2.47 bits per heavy atom. The number of methoxy groups -OCH3 is 2. The number of carbonyl (C=O) groups excluding carboxylic acids is 1. The molecule has 8 nitrogen and oxygen atoms in total. The third kappa shape index (κ3) is 4.66. The van der Waals surface area contributed by atoms with Crippen molar-refractivity contribution >= 4 is 11.6 Å². The molecule has 0 aliphatic heterocycles. The van der Waals surface area contributed by atoms with Gasteiger partial charge in [-0.2, -0.15) is 9.61 Å². The van der Waals surface area contributed by atoms with Gasteiger partial charge >= 0.3 is 0 Å². The van der Waals surface area contributed by atoms with Gasteiger partial charge in [-0.05, 0) is 43.2 Å². The number of benzene rings is 2. The summed E-state index contributed by atoms with van der Waals surface area (Å²) in [6.07, 6.45) is 0.541. The molecule has 0 aliphatic rings. The Hall–Kier alpha value is -4.07. The van der Waals surface area contributed by atoms with Gasteiger partial charge in [0.1, 0.15) is 17.1 Å². The van der Waals surface area contributed by atoms with E-state index >= 15 is 0 Å². The van der Waals surface area contributed by atoms with Crippen molar-refractivity contribution in [2.75, 3.05) is 14.2 Å². The zero-order valence-corrected chi connectivity index (χ0v) is 19.8. The third-order valence-electron chi connectivity index (χ3n) is 6.04. The van der Waals surface area contributed by atoms with Crippen LogP contribution in [0.5, 0.6) is 11.5 Å². The second-order valence-electron chi connectivity index (χ2n) is 8.08. The molecule has 0 radical (unpaired) electrons. The first kappa shape index (κ1) is 23.1. The summed E-state index contributed by atoms with van der Waals surface area (Å²) in [5, 5.41) is 7.47. The van der Waals surface area contributed by atoms with Gasteiger partial charge in [0, 0.05) is 42.9 Å². The van der Waals surface area contributed by atoms with E-state index in [1.807, 2.05) is 73.1 Å². The van der Waals surface area contributed by atoms with E-state index in [0.717, 1.165) is 28.3 Å². The van der Waals surface area contributed by atoms with Crippen molar-refractivity contribution in [3.63, 3.8) is 0 Å². The first-order chi connectivity index (χ1) is 16.4. The van der Waals surface area contributed by atoms with Crippen LogP contribution < -0.4 is 20.3 Å². The van der Waals surface area contributed by atoms with Crippen molar-refractivity contribution in [3.05, 3.63) is 81.8 Å². The third-order valence-corrected chi connectivity index (χ3v) is 6.04. The molecule has 0 aliphatic carbocycles. The van der Waals surface area contributed by atoms with Crippen LogP contribution >= 0.6 is 0 Å². The highest BCUT2D eigenvalue weighted by molar-refractivity contribution is 5.76. The van der Waals surface area contributed by atoms with E-state index in [0.29, 0.717) is 29.9 Å². The summed E-state index contributed by atoms with van der Waals surface area (Å²) < 4.78 is 13.8. The van der Waals surface area contributed by atoms with Crippen LogP contribution in [-0.4, -0.2) is 34.3 Å². The summed E-state index contributed by atoms with van der Waals surface area (Å²) in [5.74, 6) is 1.37. The van der Waals surface area contributed by atoms with Gasteiger partial charge in [0.2, 0.25) is 5.91 Å². The number of hydrogen-bond donors (Lipinski definition) is 1. The number of aromatic nitrogens is 3. The second-order valence-corrected chi connectivity index (χ2v) is 8.08. The topological polar surface area (TPSA) is 86.9 Å². The Bertz CT molecular complexity index is 1390. The van der Waals surface area contributed by atoms with Crippen LogP contribution in [0.1, 0.15) is 23.2 Å². The highest BCUT2D eigenvalue weighted by Crippen LogP contribution is 2.24. The standard InChI is InChI=1S/C26H28N4O4/c1-17-22(12-13-24(31)27-16-18-8-10-20(33-3)11-9-18)26(32)30-25(29(17)2)15-23(28-30)19-6-5-7-21(14-19)34-4/h5-11,14-15H,12-13,16H2,1-4H3,(H,27,31). The number of carbonyl (C=O) groups is 1. The van der Waals surface area contributed by atoms with Gasteiger partial charge in [0.25, 0.3) is 5.56 Å². The van der Waals surface area contributed by atoms with E-state index in [9.17, 15) is 9.59 Å². The summed E-state index contributed by atoms with van der Waals surface area (Å²) in [5.41, 5.74) is 4.40. The van der Waals surface area contributed by atoms with E-state index in [2.05, 4.69) is 10.4 Å². The summed E-state index contributed by atoms with van der Waals surface area (Å²) in [6, 6.07) is 17.0. The van der Waals surface area contributed by atoms with Crippen LogP contribution in [0.4, 0.5) is 0 Å². The first-order valence-electron chi connectivity index (χ1n) is 11.0. The van der Waals surface area contributed by atoms with Gasteiger partial charge in [-0.3, -0.25) is 9.59 Å². The number of aryl methyl sites for hydroxylation is 1. The predicted octanol–water partition coefficient (Wildman–Crippen LogP) is 3.27. The van der Waals surface area contributed by atoms with Crippen LogP contribution in [0.15, 0.2) is 59.4 Å². The van der Waals surface area contributed by atoms with Gasteiger partial charge in [-0.1, -0.05) is 24.3 Å². The smallest absolute Gasteiger partial charge is 0.277 e. The fourth-order valence-electron chi connectivity index (χ4n) is 3.90. The zero-order chi connectivity index (χ0) is 24.2. The van der Waals surface area contributed by atoms with E-state index in [1.54, 1.807) is 14.2 Å². The molecular formula is C26H28N4O4. The summed E-state index contributed by atoms with van der Waals surface area (Å²) in [7, 11) is 5.12. The van der Waals surface area contributed by atoms with Gasteiger partial charge < -0.3 is 19.4 Å². The van der Waals surface area contributed by atoms with Crippen molar-refractivity contribution in [1.29, 1.82) is 0 Å². The molecule has 0 bridgehead atoms. The zero-order valence-electron chi connectivity index (χ0n) is 19.8. The van der Waals surface area contributed by atoms with Gasteiger partial charge in [-0.15, -0.1) is 0 Å². The molecule has 1 amide bonds. The number of nitrogens with zero attached hydrogens (tertiary/aromatic N) is 3. The number of amides is 1. The molecule has 0 saturated carbocycles. The molecule has 1 N–H and O–H groups in total. The second kappa shape index (κ2) is 9.82. The van der Waals surface area contributed by atoms with Crippen molar-refractivity contribution in [1.82, 2.24) is 19.5 Å². The molecule has 8 heteroatoms. The number of rotatable bonds is 8. The highest BCUT2D eigenvalue weighted by Gasteiger charge is 2.17. The lowest BCUT2D eigenvalue weighted by Crippen LogP contribution is -2.27. The van der Waals surface area contributed by atoms with E-state index in [1.165, 1.54) is 4.52 Å². The average Bonchev–Trinajstić information content (AvgIpc) is 3.32. The van der Waals surface area contributed by atoms with Gasteiger partial charge in [0.15, 0.2) is 0 Å². The first-order valence-corrected chi connectivity index (χ1v) is 11.0. The monoisotopic (exact) mass is 460 g/mol. The molecule has 0 fully saturated rings. The minimum atomic E-state index is -0.206. The number of nitrogens with one attached hydrogen (secondary N) is 1. The van der Waals surface area contributed by atoms with E-state index in [4.69, 9.17) is 9.47 Å². The lowest BCUT2D eigenvalue weighted by atomic mass is 10.1. The highest BCUT2D eigenvalue weighted by atomic mass is 16.5.